The van der Waals surface area contributed by atoms with Gasteiger partial charge in [-0.3, -0.25) is 9.69 Å². The average Bonchev–Trinajstić information content (AvgIpc) is 3.11. The van der Waals surface area contributed by atoms with E-state index >= 15 is 0 Å². The third kappa shape index (κ3) is 3.29. The normalized spacial score (nSPS) is 10.6. The highest BCUT2D eigenvalue weighted by Crippen LogP contribution is 2.33. The average molecular weight is 310 g/mol. The molecule has 1 N–H and O–H groups in total. The van der Waals surface area contributed by atoms with E-state index in [2.05, 4.69) is 4.98 Å². The maximum Gasteiger partial charge on any atom is 0.413 e. The number of hydrogen-bond acceptors (Lipinski definition) is 6. The molecule has 0 unspecified atom stereocenters. The molecule has 1 amide bonds. The van der Waals surface area contributed by atoms with Gasteiger partial charge in [0, 0.05) is 13.7 Å². The van der Waals surface area contributed by atoms with Crippen LogP contribution in [0, 0.1) is 0 Å². The van der Waals surface area contributed by atoms with Gasteiger partial charge in [-0.15, -0.1) is 0 Å². The zero-order valence-corrected chi connectivity index (χ0v) is 12.3. The summed E-state index contributed by atoms with van der Waals surface area (Å²) in [5.41, 5.74) is 0.331. The third-order valence-corrected chi connectivity index (χ3v) is 3.81. The van der Waals surface area contributed by atoms with Crippen LogP contribution in [0.25, 0.3) is 11.5 Å². The van der Waals surface area contributed by atoms with Gasteiger partial charge in [0.25, 0.3) is 0 Å². The van der Waals surface area contributed by atoms with Crippen LogP contribution in [-0.2, 0) is 4.74 Å². The quantitative estimate of drug-likeness (QED) is 0.825. The minimum absolute atomic E-state index is 0.0807. The van der Waals surface area contributed by atoms with Gasteiger partial charge >= 0.3 is 6.09 Å². The number of rotatable bonds is 6. The SMILES string of the molecule is CCOCC(=O)c1sc(N(C)C(=O)O)nc1-c1ccco1. The molecule has 2 aromatic heterocycles. The van der Waals surface area contributed by atoms with E-state index in [0.717, 1.165) is 16.2 Å². The third-order valence-electron chi connectivity index (χ3n) is 2.63. The van der Waals surface area contributed by atoms with Gasteiger partial charge in [-0.05, 0) is 19.1 Å². The van der Waals surface area contributed by atoms with Crippen molar-refractivity contribution in [2.45, 2.75) is 6.92 Å². The summed E-state index contributed by atoms with van der Waals surface area (Å²) in [6.07, 6.45) is 0.310. The fraction of sp³-hybridized carbons (Fsp3) is 0.308. The summed E-state index contributed by atoms with van der Waals surface area (Å²) in [4.78, 5) is 28.6. The Hall–Kier alpha value is -2.19. The second-order valence-corrected chi connectivity index (χ2v) is 5.03. The summed E-state index contributed by atoms with van der Waals surface area (Å²) in [6.45, 7) is 2.13. The number of thiazole rings is 1. The van der Waals surface area contributed by atoms with E-state index in [-0.39, 0.29) is 17.5 Å². The van der Waals surface area contributed by atoms with E-state index in [9.17, 15) is 9.59 Å². The molecule has 2 heterocycles. The lowest BCUT2D eigenvalue weighted by molar-refractivity contribution is 0.0787. The number of ketones is 1. The first kappa shape index (κ1) is 15.2. The molecule has 7 nitrogen and oxygen atoms in total. The van der Waals surface area contributed by atoms with Crippen molar-refractivity contribution < 1.29 is 23.8 Å². The van der Waals surface area contributed by atoms with Gasteiger partial charge in [0.1, 0.15) is 17.2 Å². The number of ether oxygens (including phenoxy) is 1. The van der Waals surface area contributed by atoms with E-state index in [4.69, 9.17) is 14.3 Å². The molecule has 0 aliphatic heterocycles. The number of carbonyl (C=O) groups is 2. The minimum atomic E-state index is -1.15. The maximum absolute atomic E-state index is 12.2. The molecule has 0 atom stereocenters. The second kappa shape index (κ2) is 6.51. The fourth-order valence-corrected chi connectivity index (χ4v) is 2.51. The van der Waals surface area contributed by atoms with Crippen molar-refractivity contribution in [1.82, 2.24) is 4.98 Å². The standard InChI is InChI=1S/C13H14N2O5S/c1-3-19-7-8(16)11-10(9-5-4-6-20-9)14-12(21-11)15(2)13(17)18/h4-6H,3,7H2,1-2H3,(H,17,18). The molecule has 0 spiro atoms. The fourth-order valence-electron chi connectivity index (χ4n) is 1.56. The first-order valence-electron chi connectivity index (χ1n) is 6.16. The Morgan fingerprint density at radius 3 is 2.86 bits per heavy atom. The van der Waals surface area contributed by atoms with Crippen molar-refractivity contribution in [3.05, 3.63) is 23.3 Å². The molecule has 0 aliphatic carbocycles. The highest BCUT2D eigenvalue weighted by Gasteiger charge is 2.24. The van der Waals surface area contributed by atoms with Crippen molar-refractivity contribution in [1.29, 1.82) is 0 Å². The predicted octanol–water partition coefficient (Wildman–Crippen LogP) is 2.74. The number of aromatic nitrogens is 1. The van der Waals surface area contributed by atoms with Crippen LogP contribution in [0.2, 0.25) is 0 Å². The number of carboxylic acid groups (broad SMARTS) is 1. The van der Waals surface area contributed by atoms with Crippen LogP contribution in [0.3, 0.4) is 0 Å². The summed E-state index contributed by atoms with van der Waals surface area (Å²) in [7, 11) is 1.36. The van der Waals surface area contributed by atoms with E-state index in [1.54, 1.807) is 19.1 Å². The molecule has 0 aromatic carbocycles. The summed E-state index contributed by atoms with van der Waals surface area (Å²) in [5.74, 6) is 0.155. The zero-order chi connectivity index (χ0) is 15.4. The molecule has 0 saturated heterocycles. The molecule has 112 valence electrons. The van der Waals surface area contributed by atoms with Gasteiger partial charge in [-0.25, -0.2) is 9.78 Å². The molecular formula is C13H14N2O5S. The zero-order valence-electron chi connectivity index (χ0n) is 11.5. The monoisotopic (exact) mass is 310 g/mol. The van der Waals surface area contributed by atoms with Crippen molar-refractivity contribution in [3.63, 3.8) is 0 Å². The maximum atomic E-state index is 12.2. The lowest BCUT2D eigenvalue weighted by Gasteiger charge is -2.06. The Morgan fingerprint density at radius 1 is 1.52 bits per heavy atom. The highest BCUT2D eigenvalue weighted by atomic mass is 32.1. The predicted molar refractivity (Wildman–Crippen MR) is 77.1 cm³/mol. The van der Waals surface area contributed by atoms with Crippen molar-refractivity contribution in [2.24, 2.45) is 0 Å². The molecule has 0 saturated carbocycles. The van der Waals surface area contributed by atoms with Crippen LogP contribution < -0.4 is 4.90 Å². The van der Waals surface area contributed by atoms with Gasteiger partial charge < -0.3 is 14.3 Å². The van der Waals surface area contributed by atoms with Gasteiger partial charge in [-0.1, -0.05) is 11.3 Å². The number of furan rings is 1. The smallest absolute Gasteiger partial charge is 0.413 e. The first-order chi connectivity index (χ1) is 10.0. The van der Waals surface area contributed by atoms with Gasteiger partial charge in [0.2, 0.25) is 5.78 Å². The Labute approximate surface area is 124 Å². The molecule has 2 rings (SSSR count). The van der Waals surface area contributed by atoms with E-state index < -0.39 is 6.09 Å². The van der Waals surface area contributed by atoms with Crippen molar-refractivity contribution in [2.75, 3.05) is 25.2 Å². The summed E-state index contributed by atoms with van der Waals surface area (Å²) in [5, 5.41) is 9.21. The number of anilines is 1. The van der Waals surface area contributed by atoms with Crippen LogP contribution in [0.4, 0.5) is 9.93 Å². The Balaban J connectivity index is 2.41. The van der Waals surface area contributed by atoms with Crippen LogP contribution in [-0.4, -0.2) is 42.2 Å². The molecule has 0 aliphatic rings. The molecule has 21 heavy (non-hydrogen) atoms. The Morgan fingerprint density at radius 2 is 2.29 bits per heavy atom. The topological polar surface area (TPSA) is 92.9 Å². The van der Waals surface area contributed by atoms with Crippen molar-refractivity contribution in [3.8, 4) is 11.5 Å². The number of Topliss-reactive ketones (excluding diaryl/α,β-unsaturated/α-hetero) is 1. The molecule has 2 aromatic rings. The van der Waals surface area contributed by atoms with E-state index in [1.165, 1.54) is 13.3 Å². The Bertz CT molecular complexity index is 635. The van der Waals surface area contributed by atoms with E-state index in [1.807, 2.05) is 0 Å². The van der Waals surface area contributed by atoms with Crippen LogP contribution in [0.1, 0.15) is 16.6 Å². The molecule has 0 radical (unpaired) electrons. The van der Waals surface area contributed by atoms with Gasteiger partial charge in [0.15, 0.2) is 10.9 Å². The highest BCUT2D eigenvalue weighted by molar-refractivity contribution is 7.18. The number of amides is 1. The first-order valence-corrected chi connectivity index (χ1v) is 6.98. The lowest BCUT2D eigenvalue weighted by atomic mass is 10.2. The van der Waals surface area contributed by atoms with Crippen molar-refractivity contribution >= 4 is 28.3 Å². The summed E-state index contributed by atoms with van der Waals surface area (Å²) >= 11 is 0.997. The minimum Gasteiger partial charge on any atom is -0.465 e. The molecule has 0 bridgehead atoms. The lowest BCUT2D eigenvalue weighted by Crippen LogP contribution is -2.23. The summed E-state index contributed by atoms with van der Waals surface area (Å²) in [6, 6.07) is 3.34. The van der Waals surface area contributed by atoms with Crippen LogP contribution in [0.15, 0.2) is 22.8 Å². The Kier molecular flexibility index (Phi) is 4.71. The van der Waals surface area contributed by atoms with Crippen LogP contribution >= 0.6 is 11.3 Å². The summed E-state index contributed by atoms with van der Waals surface area (Å²) < 4.78 is 10.4. The largest absolute Gasteiger partial charge is 0.465 e. The van der Waals surface area contributed by atoms with Gasteiger partial charge in [-0.2, -0.15) is 0 Å². The number of hydrogen-bond donors (Lipinski definition) is 1. The van der Waals surface area contributed by atoms with E-state index in [0.29, 0.717) is 22.9 Å². The van der Waals surface area contributed by atoms with Crippen LogP contribution in [0.5, 0.6) is 0 Å². The molecule has 0 fully saturated rings. The van der Waals surface area contributed by atoms with Gasteiger partial charge in [0.05, 0.1) is 6.26 Å². The molecular weight excluding hydrogens is 296 g/mol. The number of carbonyl (C=O) groups excluding carboxylic acids is 1. The molecule has 8 heteroatoms. The second-order valence-electron chi connectivity index (χ2n) is 4.05. The number of nitrogens with zero attached hydrogens (tertiary/aromatic N) is 2.